The average Bonchev–Trinajstić information content (AvgIpc) is 2.19. The fourth-order valence-corrected chi connectivity index (χ4v) is 3.02. The standard InChI is InChI=1S/C13H21FN2O3S/c1-8-6-9(14)11(7-10(8)15)20(18,19)16-12(2,3)13(4,5)17/h6-7,16-17H,15H2,1-5H3. The summed E-state index contributed by atoms with van der Waals surface area (Å²) in [5.41, 5.74) is 3.77. The van der Waals surface area contributed by atoms with Crippen molar-refractivity contribution in [2.24, 2.45) is 0 Å². The normalized spacial score (nSPS) is 13.6. The first-order valence-corrected chi connectivity index (χ1v) is 7.58. The molecule has 0 bridgehead atoms. The van der Waals surface area contributed by atoms with Gasteiger partial charge < -0.3 is 10.8 Å². The van der Waals surface area contributed by atoms with Gasteiger partial charge in [0.05, 0.1) is 11.1 Å². The minimum atomic E-state index is -4.14. The van der Waals surface area contributed by atoms with Crippen molar-refractivity contribution >= 4 is 15.7 Å². The molecule has 1 rings (SSSR count). The van der Waals surface area contributed by atoms with Crippen LogP contribution in [0.1, 0.15) is 33.3 Å². The molecule has 1 aromatic rings. The lowest BCUT2D eigenvalue weighted by Crippen LogP contribution is -2.57. The number of rotatable bonds is 4. The largest absolute Gasteiger partial charge is 0.398 e. The number of hydrogen-bond donors (Lipinski definition) is 3. The van der Waals surface area contributed by atoms with Crippen molar-refractivity contribution in [1.29, 1.82) is 0 Å². The van der Waals surface area contributed by atoms with E-state index in [1.807, 2.05) is 0 Å². The van der Waals surface area contributed by atoms with Crippen LogP contribution in [-0.4, -0.2) is 24.7 Å². The van der Waals surface area contributed by atoms with E-state index in [1.54, 1.807) is 6.92 Å². The van der Waals surface area contributed by atoms with E-state index in [0.29, 0.717) is 5.56 Å². The Morgan fingerprint density at radius 3 is 2.20 bits per heavy atom. The van der Waals surface area contributed by atoms with Gasteiger partial charge in [0, 0.05) is 5.69 Å². The molecular formula is C13H21FN2O3S. The molecule has 0 amide bonds. The quantitative estimate of drug-likeness (QED) is 0.736. The highest BCUT2D eigenvalue weighted by atomic mass is 32.2. The number of nitrogen functional groups attached to an aromatic ring is 1. The fourth-order valence-electron chi connectivity index (χ4n) is 1.39. The molecule has 0 aliphatic heterocycles. The molecule has 5 nitrogen and oxygen atoms in total. The summed E-state index contributed by atoms with van der Waals surface area (Å²) in [6, 6.07) is 2.15. The van der Waals surface area contributed by atoms with E-state index in [-0.39, 0.29) is 5.69 Å². The van der Waals surface area contributed by atoms with Gasteiger partial charge in [-0.15, -0.1) is 0 Å². The summed E-state index contributed by atoms with van der Waals surface area (Å²) in [5.74, 6) is -0.879. The van der Waals surface area contributed by atoms with Crippen molar-refractivity contribution in [1.82, 2.24) is 4.72 Å². The Hall–Kier alpha value is -1.18. The second-order valence-electron chi connectivity index (χ2n) is 5.93. The van der Waals surface area contributed by atoms with Gasteiger partial charge in [0.2, 0.25) is 10.0 Å². The maximum Gasteiger partial charge on any atom is 0.244 e. The smallest absolute Gasteiger partial charge is 0.244 e. The molecule has 0 aliphatic carbocycles. The van der Waals surface area contributed by atoms with Crippen LogP contribution in [-0.2, 0) is 10.0 Å². The number of nitrogens with one attached hydrogen (secondary N) is 1. The first-order chi connectivity index (χ1) is 8.78. The van der Waals surface area contributed by atoms with Crippen molar-refractivity contribution in [3.05, 3.63) is 23.5 Å². The maximum atomic E-state index is 13.9. The highest BCUT2D eigenvalue weighted by Crippen LogP contribution is 2.26. The highest BCUT2D eigenvalue weighted by molar-refractivity contribution is 7.89. The van der Waals surface area contributed by atoms with E-state index < -0.39 is 31.9 Å². The van der Waals surface area contributed by atoms with Gasteiger partial charge in [-0.1, -0.05) is 0 Å². The van der Waals surface area contributed by atoms with Gasteiger partial charge in [0.15, 0.2) is 0 Å². The number of halogens is 1. The number of anilines is 1. The predicted molar refractivity (Wildman–Crippen MR) is 76.2 cm³/mol. The third kappa shape index (κ3) is 3.28. The van der Waals surface area contributed by atoms with Gasteiger partial charge in [-0.05, 0) is 52.3 Å². The zero-order valence-corrected chi connectivity index (χ0v) is 13.1. The third-order valence-electron chi connectivity index (χ3n) is 3.53. The van der Waals surface area contributed by atoms with Crippen molar-refractivity contribution < 1.29 is 17.9 Å². The monoisotopic (exact) mass is 304 g/mol. The molecule has 0 aromatic heterocycles. The molecule has 20 heavy (non-hydrogen) atoms. The summed E-state index contributed by atoms with van der Waals surface area (Å²) < 4.78 is 40.7. The first-order valence-electron chi connectivity index (χ1n) is 6.10. The summed E-state index contributed by atoms with van der Waals surface area (Å²) in [5, 5.41) is 9.98. The van der Waals surface area contributed by atoms with Gasteiger partial charge in [-0.25, -0.2) is 17.5 Å². The molecule has 0 spiro atoms. The van der Waals surface area contributed by atoms with Crippen molar-refractivity contribution in [3.8, 4) is 0 Å². The second-order valence-corrected chi connectivity index (χ2v) is 7.58. The minimum Gasteiger partial charge on any atom is -0.398 e. The lowest BCUT2D eigenvalue weighted by molar-refractivity contribution is 0.00636. The lowest BCUT2D eigenvalue weighted by Gasteiger charge is -2.37. The van der Waals surface area contributed by atoms with Crippen LogP contribution in [0.4, 0.5) is 10.1 Å². The summed E-state index contributed by atoms with van der Waals surface area (Å²) in [6.45, 7) is 7.55. The topological polar surface area (TPSA) is 92.4 Å². The Morgan fingerprint density at radius 2 is 1.75 bits per heavy atom. The first kappa shape index (κ1) is 16.9. The summed E-state index contributed by atoms with van der Waals surface area (Å²) in [4.78, 5) is -0.530. The van der Waals surface area contributed by atoms with Crippen LogP contribution in [0.25, 0.3) is 0 Å². The molecule has 0 fully saturated rings. The van der Waals surface area contributed by atoms with Crippen molar-refractivity contribution in [2.75, 3.05) is 5.73 Å². The fraction of sp³-hybridized carbons (Fsp3) is 0.538. The Labute approximate surface area is 119 Å². The zero-order valence-electron chi connectivity index (χ0n) is 12.3. The van der Waals surface area contributed by atoms with E-state index in [4.69, 9.17) is 5.73 Å². The van der Waals surface area contributed by atoms with Crippen LogP contribution >= 0.6 is 0 Å². The molecule has 0 radical (unpaired) electrons. The van der Waals surface area contributed by atoms with E-state index in [1.165, 1.54) is 27.7 Å². The summed E-state index contributed by atoms with van der Waals surface area (Å²) in [6.07, 6.45) is 0. The van der Waals surface area contributed by atoms with Gasteiger partial charge in [-0.2, -0.15) is 0 Å². The average molecular weight is 304 g/mol. The van der Waals surface area contributed by atoms with Crippen LogP contribution in [0, 0.1) is 12.7 Å². The Morgan fingerprint density at radius 1 is 1.25 bits per heavy atom. The maximum absolute atomic E-state index is 13.9. The molecule has 0 saturated carbocycles. The van der Waals surface area contributed by atoms with Gasteiger partial charge >= 0.3 is 0 Å². The van der Waals surface area contributed by atoms with E-state index in [2.05, 4.69) is 4.72 Å². The van der Waals surface area contributed by atoms with Gasteiger partial charge in [-0.3, -0.25) is 0 Å². The van der Waals surface area contributed by atoms with Crippen LogP contribution < -0.4 is 10.5 Å². The number of aryl methyl sites for hydroxylation is 1. The number of aliphatic hydroxyl groups is 1. The predicted octanol–water partition coefficient (Wildman–Crippen LogP) is 1.54. The number of sulfonamides is 1. The number of hydrogen-bond acceptors (Lipinski definition) is 4. The van der Waals surface area contributed by atoms with E-state index >= 15 is 0 Å². The van der Waals surface area contributed by atoms with Crippen LogP contribution in [0.3, 0.4) is 0 Å². The minimum absolute atomic E-state index is 0.188. The van der Waals surface area contributed by atoms with Gasteiger partial charge in [0.1, 0.15) is 10.7 Å². The number of benzene rings is 1. The summed E-state index contributed by atoms with van der Waals surface area (Å²) in [7, 11) is -4.14. The van der Waals surface area contributed by atoms with Crippen molar-refractivity contribution in [2.45, 2.75) is 50.7 Å². The SMILES string of the molecule is Cc1cc(F)c(S(=O)(=O)NC(C)(C)C(C)(C)O)cc1N. The Kier molecular flexibility index (Phi) is 4.20. The third-order valence-corrected chi connectivity index (χ3v) is 5.20. The molecular weight excluding hydrogens is 283 g/mol. The molecule has 1 aromatic carbocycles. The van der Waals surface area contributed by atoms with E-state index in [9.17, 15) is 17.9 Å². The molecule has 114 valence electrons. The molecule has 0 unspecified atom stereocenters. The van der Waals surface area contributed by atoms with Crippen molar-refractivity contribution in [3.63, 3.8) is 0 Å². The Balaban J connectivity index is 3.29. The molecule has 0 aliphatic rings. The number of nitrogens with two attached hydrogens (primary N) is 1. The van der Waals surface area contributed by atoms with Crippen LogP contribution in [0.5, 0.6) is 0 Å². The van der Waals surface area contributed by atoms with Crippen LogP contribution in [0.15, 0.2) is 17.0 Å². The summed E-state index contributed by atoms with van der Waals surface area (Å²) >= 11 is 0. The molecule has 0 atom stereocenters. The van der Waals surface area contributed by atoms with Crippen LogP contribution in [0.2, 0.25) is 0 Å². The molecule has 7 heteroatoms. The molecule has 4 N–H and O–H groups in total. The highest BCUT2D eigenvalue weighted by Gasteiger charge is 2.39. The second kappa shape index (κ2) is 4.98. The molecule has 0 saturated heterocycles. The zero-order chi connectivity index (χ0) is 15.9. The lowest BCUT2D eigenvalue weighted by atomic mass is 9.87. The molecule has 0 heterocycles. The van der Waals surface area contributed by atoms with Gasteiger partial charge in [0.25, 0.3) is 0 Å². The van der Waals surface area contributed by atoms with E-state index in [0.717, 1.165) is 12.1 Å². The Bertz CT molecular complexity index is 619.